The van der Waals surface area contributed by atoms with Gasteiger partial charge in [-0.05, 0) is 23.8 Å². The van der Waals surface area contributed by atoms with Gasteiger partial charge in [0.25, 0.3) is 5.69 Å². The molecule has 2 aromatic rings. The number of carbonyl (C=O) groups excluding carboxylic acids is 1. The number of ether oxygens (including phenoxy) is 1. The number of amides is 1. The highest BCUT2D eigenvalue weighted by molar-refractivity contribution is 7.89. The number of nitro groups is 1. The molecule has 11 nitrogen and oxygen atoms in total. The van der Waals surface area contributed by atoms with Gasteiger partial charge in [-0.1, -0.05) is 12.1 Å². The molecule has 2 aromatic carbocycles. The Hall–Kier alpha value is -3.35. The number of benzene rings is 2. The molecular weight excluding hydrogens is 426 g/mol. The van der Waals surface area contributed by atoms with Crippen molar-refractivity contribution < 1.29 is 22.9 Å². The molecular formula is C19H21N5O6S. The van der Waals surface area contributed by atoms with Gasteiger partial charge < -0.3 is 10.1 Å². The van der Waals surface area contributed by atoms with Gasteiger partial charge in [-0.2, -0.15) is 9.41 Å². The van der Waals surface area contributed by atoms with E-state index in [-0.39, 0.29) is 48.5 Å². The Morgan fingerprint density at radius 1 is 1.19 bits per heavy atom. The summed E-state index contributed by atoms with van der Waals surface area (Å²) in [7, 11) is -3.99. The molecule has 1 fully saturated rings. The molecule has 164 valence electrons. The van der Waals surface area contributed by atoms with Crippen LogP contribution in [0.3, 0.4) is 0 Å². The molecule has 1 saturated heterocycles. The summed E-state index contributed by atoms with van der Waals surface area (Å²) in [6, 6.07) is 10.4. The number of sulfonamides is 1. The van der Waals surface area contributed by atoms with Crippen LogP contribution in [-0.2, 0) is 19.6 Å². The Kier molecular flexibility index (Phi) is 6.95. The first-order valence-electron chi connectivity index (χ1n) is 9.30. The van der Waals surface area contributed by atoms with E-state index in [2.05, 4.69) is 15.8 Å². The third-order valence-electron chi connectivity index (χ3n) is 4.39. The fourth-order valence-electron chi connectivity index (χ4n) is 2.89. The van der Waals surface area contributed by atoms with Gasteiger partial charge in [-0.3, -0.25) is 20.3 Å². The molecule has 1 aliphatic rings. The fraction of sp³-hybridized carbons (Fsp3) is 0.263. The molecule has 0 atom stereocenters. The third-order valence-corrected chi connectivity index (χ3v) is 6.33. The topological polar surface area (TPSA) is 143 Å². The molecule has 0 saturated carbocycles. The molecule has 0 bridgehead atoms. The number of nitrogens with zero attached hydrogens (tertiary/aromatic N) is 3. The zero-order chi connectivity index (χ0) is 22.4. The SMILES string of the molecule is CC(=O)Nc1ccc(C=NNc2ccc([N+](=O)[O-])cc2S(=O)(=O)N2CCOCC2)cc1. The van der Waals surface area contributed by atoms with Crippen molar-refractivity contribution in [3.63, 3.8) is 0 Å². The summed E-state index contributed by atoms with van der Waals surface area (Å²) in [5.41, 5.74) is 3.76. The van der Waals surface area contributed by atoms with Crippen LogP contribution in [0.25, 0.3) is 0 Å². The Balaban J connectivity index is 1.84. The van der Waals surface area contributed by atoms with E-state index < -0.39 is 14.9 Å². The van der Waals surface area contributed by atoms with Crippen molar-refractivity contribution in [3.05, 3.63) is 58.1 Å². The maximum atomic E-state index is 13.1. The van der Waals surface area contributed by atoms with E-state index in [1.165, 1.54) is 29.6 Å². The maximum Gasteiger partial charge on any atom is 0.270 e. The lowest BCUT2D eigenvalue weighted by molar-refractivity contribution is -0.385. The van der Waals surface area contributed by atoms with Crippen LogP contribution in [0.4, 0.5) is 17.1 Å². The Labute approximate surface area is 178 Å². The molecule has 0 aliphatic carbocycles. The predicted octanol–water partition coefficient (Wildman–Crippen LogP) is 2.02. The van der Waals surface area contributed by atoms with Crippen molar-refractivity contribution >= 4 is 39.2 Å². The molecule has 1 aliphatic heterocycles. The molecule has 31 heavy (non-hydrogen) atoms. The minimum absolute atomic E-state index is 0.114. The molecule has 1 heterocycles. The Morgan fingerprint density at radius 2 is 1.87 bits per heavy atom. The zero-order valence-corrected chi connectivity index (χ0v) is 17.5. The van der Waals surface area contributed by atoms with Gasteiger partial charge in [-0.15, -0.1) is 0 Å². The minimum Gasteiger partial charge on any atom is -0.379 e. The third kappa shape index (κ3) is 5.63. The monoisotopic (exact) mass is 447 g/mol. The summed E-state index contributed by atoms with van der Waals surface area (Å²) >= 11 is 0. The second kappa shape index (κ2) is 9.64. The van der Waals surface area contributed by atoms with Gasteiger partial charge in [-0.25, -0.2) is 8.42 Å². The maximum absolute atomic E-state index is 13.1. The van der Waals surface area contributed by atoms with E-state index >= 15 is 0 Å². The Bertz CT molecular complexity index is 1100. The molecule has 12 heteroatoms. The lowest BCUT2D eigenvalue weighted by Crippen LogP contribution is -2.40. The van der Waals surface area contributed by atoms with Gasteiger partial charge in [0.1, 0.15) is 4.90 Å². The highest BCUT2D eigenvalue weighted by Gasteiger charge is 2.30. The van der Waals surface area contributed by atoms with E-state index in [1.807, 2.05) is 0 Å². The molecule has 0 spiro atoms. The Morgan fingerprint density at radius 3 is 2.48 bits per heavy atom. The van der Waals surface area contributed by atoms with E-state index in [1.54, 1.807) is 24.3 Å². The number of rotatable bonds is 7. The highest BCUT2D eigenvalue weighted by Crippen LogP contribution is 2.29. The highest BCUT2D eigenvalue weighted by atomic mass is 32.2. The van der Waals surface area contributed by atoms with Gasteiger partial charge in [0.15, 0.2) is 0 Å². The van der Waals surface area contributed by atoms with Crippen LogP contribution >= 0.6 is 0 Å². The summed E-state index contributed by atoms with van der Waals surface area (Å²) in [5.74, 6) is -0.185. The number of non-ortho nitro benzene ring substituents is 1. The number of anilines is 2. The predicted molar refractivity (Wildman–Crippen MR) is 115 cm³/mol. The first-order valence-corrected chi connectivity index (χ1v) is 10.7. The van der Waals surface area contributed by atoms with Crippen molar-refractivity contribution in [2.45, 2.75) is 11.8 Å². The second-order valence-corrected chi connectivity index (χ2v) is 8.53. The van der Waals surface area contributed by atoms with Gasteiger partial charge in [0, 0.05) is 37.8 Å². The summed E-state index contributed by atoms with van der Waals surface area (Å²) in [5, 5.41) is 17.9. The molecule has 0 radical (unpaired) electrons. The van der Waals surface area contributed by atoms with Crippen LogP contribution in [0.1, 0.15) is 12.5 Å². The number of morpholine rings is 1. The molecule has 0 unspecified atom stereocenters. The average molecular weight is 447 g/mol. The van der Waals surface area contributed by atoms with Crippen LogP contribution in [0.15, 0.2) is 52.5 Å². The number of hydrogen-bond donors (Lipinski definition) is 2. The second-order valence-electron chi connectivity index (χ2n) is 6.63. The lowest BCUT2D eigenvalue weighted by atomic mass is 10.2. The summed E-state index contributed by atoms with van der Waals surface area (Å²) in [6.07, 6.45) is 1.46. The minimum atomic E-state index is -3.99. The largest absolute Gasteiger partial charge is 0.379 e. The van der Waals surface area contributed by atoms with E-state index in [4.69, 9.17) is 4.74 Å². The van der Waals surface area contributed by atoms with Crippen LogP contribution in [0, 0.1) is 10.1 Å². The van der Waals surface area contributed by atoms with E-state index in [0.29, 0.717) is 11.3 Å². The van der Waals surface area contributed by atoms with Crippen molar-refractivity contribution in [1.29, 1.82) is 0 Å². The fourth-order valence-corrected chi connectivity index (χ4v) is 4.46. The number of nitro benzene ring substituents is 1. The van der Waals surface area contributed by atoms with E-state index in [9.17, 15) is 23.3 Å². The first kappa shape index (κ1) is 22.3. The molecule has 1 amide bonds. The molecule has 2 N–H and O–H groups in total. The van der Waals surface area contributed by atoms with Crippen LogP contribution in [0.5, 0.6) is 0 Å². The summed E-state index contributed by atoms with van der Waals surface area (Å²) < 4.78 is 32.5. The van der Waals surface area contributed by atoms with Crippen molar-refractivity contribution in [2.75, 3.05) is 37.0 Å². The molecule has 3 rings (SSSR count). The van der Waals surface area contributed by atoms with Crippen LogP contribution in [0.2, 0.25) is 0 Å². The average Bonchev–Trinajstić information content (AvgIpc) is 2.75. The zero-order valence-electron chi connectivity index (χ0n) is 16.6. The van der Waals surface area contributed by atoms with Gasteiger partial charge in [0.2, 0.25) is 15.9 Å². The van der Waals surface area contributed by atoms with Gasteiger partial charge >= 0.3 is 0 Å². The number of hydrazone groups is 1. The van der Waals surface area contributed by atoms with Gasteiger partial charge in [0.05, 0.1) is 30.0 Å². The number of hydrogen-bond acceptors (Lipinski definition) is 8. The van der Waals surface area contributed by atoms with Crippen molar-refractivity contribution in [1.82, 2.24) is 4.31 Å². The summed E-state index contributed by atoms with van der Waals surface area (Å²) in [4.78, 5) is 21.3. The number of carbonyl (C=O) groups is 1. The smallest absolute Gasteiger partial charge is 0.270 e. The van der Waals surface area contributed by atoms with Crippen LogP contribution in [-0.4, -0.2) is 56.1 Å². The lowest BCUT2D eigenvalue weighted by Gasteiger charge is -2.26. The van der Waals surface area contributed by atoms with Crippen molar-refractivity contribution in [3.8, 4) is 0 Å². The molecule has 0 aromatic heterocycles. The normalized spacial score (nSPS) is 15.0. The van der Waals surface area contributed by atoms with Crippen LogP contribution < -0.4 is 10.7 Å². The number of nitrogens with one attached hydrogen (secondary N) is 2. The van der Waals surface area contributed by atoms with Crippen molar-refractivity contribution in [2.24, 2.45) is 5.10 Å². The standard InChI is InChI=1S/C19H21N5O6S/c1-14(25)21-16-4-2-15(3-5-16)13-20-22-18-7-6-17(24(26)27)12-19(18)31(28,29)23-8-10-30-11-9-23/h2-7,12-13,22H,8-11H2,1H3,(H,21,25). The van der Waals surface area contributed by atoms with E-state index in [0.717, 1.165) is 6.07 Å². The first-order chi connectivity index (χ1) is 14.8. The summed E-state index contributed by atoms with van der Waals surface area (Å²) in [6.45, 7) is 2.24. The quantitative estimate of drug-likeness (QED) is 0.375.